The lowest BCUT2D eigenvalue weighted by Gasteiger charge is -2.69. The van der Waals surface area contributed by atoms with Gasteiger partial charge in [0.05, 0.1) is 11.0 Å². The summed E-state index contributed by atoms with van der Waals surface area (Å²) < 4.78 is 0. The Morgan fingerprint density at radius 2 is 1.63 bits per heavy atom. The lowest BCUT2D eigenvalue weighted by atomic mass is 9.34. The van der Waals surface area contributed by atoms with E-state index in [9.17, 15) is 19.5 Å². The predicted molar refractivity (Wildman–Crippen MR) is 137 cm³/mol. The molecule has 7 unspecified atom stereocenters. The molecule has 0 heterocycles. The molecule has 5 aliphatic carbocycles. The van der Waals surface area contributed by atoms with Crippen molar-refractivity contribution in [3.8, 4) is 0 Å². The maximum Gasteiger partial charge on any atom is 0.310 e. The van der Waals surface area contributed by atoms with Crippen molar-refractivity contribution in [3.05, 3.63) is 23.3 Å². The first kappa shape index (κ1) is 25.0. The van der Waals surface area contributed by atoms with Crippen molar-refractivity contribution >= 4 is 18.0 Å². The molecule has 0 aromatic heterocycles. The largest absolute Gasteiger partial charge is 0.481 e. The second kappa shape index (κ2) is 7.19. The molecule has 7 atom stereocenters. The minimum Gasteiger partial charge on any atom is -0.481 e. The number of rotatable bonds is 2. The summed E-state index contributed by atoms with van der Waals surface area (Å²) in [6.07, 6.45) is 12.5. The Labute approximate surface area is 211 Å². The number of allylic oxidation sites excluding steroid dienone is 4. The van der Waals surface area contributed by atoms with E-state index < -0.39 is 16.8 Å². The summed E-state index contributed by atoms with van der Waals surface area (Å²) in [7, 11) is 0. The van der Waals surface area contributed by atoms with Gasteiger partial charge in [-0.05, 0) is 90.8 Å². The summed E-state index contributed by atoms with van der Waals surface area (Å²) in [5, 5.41) is 10.5. The molecule has 4 nitrogen and oxygen atoms in total. The molecular formula is C31H44O4. The number of aliphatic carboxylic acids is 1. The van der Waals surface area contributed by atoms with E-state index in [1.165, 1.54) is 5.57 Å². The number of hydrogen-bond acceptors (Lipinski definition) is 3. The van der Waals surface area contributed by atoms with Gasteiger partial charge in [-0.1, -0.05) is 66.2 Å². The van der Waals surface area contributed by atoms with Gasteiger partial charge in [0, 0.05) is 5.41 Å². The predicted octanol–water partition coefficient (Wildman–Crippen LogP) is 6.79. The van der Waals surface area contributed by atoms with Crippen molar-refractivity contribution in [1.29, 1.82) is 0 Å². The molecule has 0 radical (unpaired) electrons. The quantitative estimate of drug-likeness (QED) is 0.268. The van der Waals surface area contributed by atoms with E-state index in [4.69, 9.17) is 0 Å². The van der Waals surface area contributed by atoms with Crippen LogP contribution in [0.1, 0.15) is 99.8 Å². The molecule has 3 fully saturated rings. The highest BCUT2D eigenvalue weighted by molar-refractivity contribution is 6.15. The van der Waals surface area contributed by atoms with Crippen LogP contribution in [-0.2, 0) is 14.4 Å². The third-order valence-electron chi connectivity index (χ3n) is 12.6. The smallest absolute Gasteiger partial charge is 0.310 e. The van der Waals surface area contributed by atoms with Crippen LogP contribution in [0, 0.1) is 50.2 Å². The van der Waals surface area contributed by atoms with Crippen LogP contribution in [0.3, 0.4) is 0 Å². The van der Waals surface area contributed by atoms with Gasteiger partial charge >= 0.3 is 5.97 Å². The number of carbonyl (C=O) groups is 3. The van der Waals surface area contributed by atoms with Crippen molar-refractivity contribution in [2.45, 2.75) is 99.8 Å². The Kier molecular flexibility index (Phi) is 5.13. The van der Waals surface area contributed by atoms with Crippen LogP contribution in [0.2, 0.25) is 0 Å². The van der Waals surface area contributed by atoms with Gasteiger partial charge in [-0.15, -0.1) is 0 Å². The summed E-state index contributed by atoms with van der Waals surface area (Å²) in [4.78, 5) is 37.9. The summed E-state index contributed by atoms with van der Waals surface area (Å²) in [5.74, 6) is 0.00771. The zero-order valence-electron chi connectivity index (χ0n) is 22.8. The Morgan fingerprint density at radius 3 is 2.26 bits per heavy atom. The summed E-state index contributed by atoms with van der Waals surface area (Å²) in [6.45, 7) is 15.9. The molecule has 5 rings (SSSR count). The maximum atomic E-state index is 13.2. The number of ketones is 1. The van der Waals surface area contributed by atoms with E-state index in [2.05, 4.69) is 40.7 Å². The lowest BCUT2D eigenvalue weighted by Crippen LogP contribution is -2.64. The highest BCUT2D eigenvalue weighted by Gasteiger charge is 2.69. The van der Waals surface area contributed by atoms with Gasteiger partial charge in [0.2, 0.25) is 0 Å². The number of Topliss-reactive ketones (excluding diaryl/α,β-unsaturated/α-hetero) is 1. The van der Waals surface area contributed by atoms with Crippen molar-refractivity contribution in [2.24, 2.45) is 50.2 Å². The third kappa shape index (κ3) is 2.95. The van der Waals surface area contributed by atoms with Crippen molar-refractivity contribution in [1.82, 2.24) is 0 Å². The number of carboxylic acids is 1. The number of aldehydes is 1. The Morgan fingerprint density at radius 1 is 0.971 bits per heavy atom. The van der Waals surface area contributed by atoms with Crippen molar-refractivity contribution < 1.29 is 19.5 Å². The fourth-order valence-corrected chi connectivity index (χ4v) is 10.3. The van der Waals surface area contributed by atoms with Gasteiger partial charge in [-0.3, -0.25) is 14.4 Å². The van der Waals surface area contributed by atoms with Crippen LogP contribution >= 0.6 is 0 Å². The minimum atomic E-state index is -0.630. The molecule has 192 valence electrons. The van der Waals surface area contributed by atoms with Crippen LogP contribution in [0.25, 0.3) is 0 Å². The average molecular weight is 481 g/mol. The van der Waals surface area contributed by atoms with Gasteiger partial charge in [-0.25, -0.2) is 0 Å². The zero-order valence-corrected chi connectivity index (χ0v) is 22.8. The van der Waals surface area contributed by atoms with Crippen LogP contribution in [0.5, 0.6) is 0 Å². The van der Waals surface area contributed by atoms with Crippen LogP contribution in [0.4, 0.5) is 0 Å². The first-order valence-corrected chi connectivity index (χ1v) is 13.8. The molecule has 35 heavy (non-hydrogen) atoms. The molecule has 1 N–H and O–H groups in total. The maximum absolute atomic E-state index is 13.2. The Hall–Kier alpha value is -1.71. The normalized spacial score (nSPS) is 47.7. The van der Waals surface area contributed by atoms with E-state index >= 15 is 0 Å². The highest BCUT2D eigenvalue weighted by atomic mass is 16.4. The molecule has 4 heteroatoms. The zero-order chi connectivity index (χ0) is 25.8. The summed E-state index contributed by atoms with van der Waals surface area (Å²) in [5.41, 5.74) is 0.417. The molecule has 0 aromatic carbocycles. The van der Waals surface area contributed by atoms with Crippen LogP contribution in [-0.4, -0.2) is 23.1 Å². The van der Waals surface area contributed by atoms with Gasteiger partial charge in [-0.2, -0.15) is 0 Å². The number of fused-ring (bicyclic) bond motifs is 7. The second-order valence-electron chi connectivity index (χ2n) is 14.8. The Balaban J connectivity index is 1.65. The van der Waals surface area contributed by atoms with E-state index in [1.54, 1.807) is 0 Å². The number of hydrogen-bond donors (Lipinski definition) is 1. The standard InChI is InChI=1S/C31H44O4/c1-26(2)12-14-31(25(34)35)15-13-29(6)20(21(31)17-26)8-9-23-28(5)16-19(18-32)24(33)27(3,4)22(28)10-11-30(23,29)7/h8,16,18,21-23H,9-15,17H2,1-7H3,(H,34,35). The van der Waals surface area contributed by atoms with E-state index in [-0.39, 0.29) is 39.3 Å². The average Bonchev–Trinajstić information content (AvgIpc) is 2.76. The monoisotopic (exact) mass is 480 g/mol. The molecular weight excluding hydrogens is 436 g/mol. The van der Waals surface area contributed by atoms with Gasteiger partial charge in [0.15, 0.2) is 12.1 Å². The molecule has 0 amide bonds. The first-order chi connectivity index (χ1) is 16.1. The minimum absolute atomic E-state index is 0.00442. The van der Waals surface area contributed by atoms with Gasteiger partial charge < -0.3 is 5.11 Å². The first-order valence-electron chi connectivity index (χ1n) is 13.8. The molecule has 5 aliphatic rings. The van der Waals surface area contributed by atoms with Crippen LogP contribution in [0.15, 0.2) is 23.3 Å². The summed E-state index contributed by atoms with van der Waals surface area (Å²) >= 11 is 0. The van der Waals surface area contributed by atoms with Gasteiger partial charge in [0.1, 0.15) is 0 Å². The van der Waals surface area contributed by atoms with Gasteiger partial charge in [0.25, 0.3) is 0 Å². The Bertz CT molecular complexity index is 1060. The fraction of sp³-hybridized carbons (Fsp3) is 0.774. The number of carboxylic acid groups (broad SMARTS) is 1. The second-order valence-corrected chi connectivity index (χ2v) is 14.8. The van der Waals surface area contributed by atoms with Crippen molar-refractivity contribution in [2.75, 3.05) is 0 Å². The topological polar surface area (TPSA) is 71.4 Å². The number of carbonyl (C=O) groups excluding carboxylic acids is 2. The van der Waals surface area contributed by atoms with Crippen LogP contribution < -0.4 is 0 Å². The van der Waals surface area contributed by atoms with E-state index in [0.29, 0.717) is 11.5 Å². The summed E-state index contributed by atoms with van der Waals surface area (Å²) in [6, 6.07) is 0. The molecule has 0 saturated heterocycles. The third-order valence-corrected chi connectivity index (χ3v) is 12.6. The molecule has 0 bridgehead atoms. The molecule has 3 saturated carbocycles. The SMILES string of the molecule is CC1(C)CCC2(C(=O)O)CCC3(C)C(=CCC4C5(C)C=C(C=O)C(=O)C(C)(C)C5CCC43C)C2C1. The fourth-order valence-electron chi connectivity index (χ4n) is 10.3. The van der Waals surface area contributed by atoms with E-state index in [1.807, 2.05) is 19.9 Å². The van der Waals surface area contributed by atoms with E-state index in [0.717, 1.165) is 57.7 Å². The lowest BCUT2D eigenvalue weighted by molar-refractivity contribution is -0.174. The van der Waals surface area contributed by atoms with Crippen molar-refractivity contribution in [3.63, 3.8) is 0 Å². The molecule has 0 aliphatic heterocycles. The highest BCUT2D eigenvalue weighted by Crippen LogP contribution is 2.75. The molecule has 0 spiro atoms. The molecule has 0 aromatic rings.